The Bertz CT molecular complexity index is 1010. The first-order valence-corrected chi connectivity index (χ1v) is 10.6. The van der Waals surface area contributed by atoms with Crippen LogP contribution in [0.15, 0.2) is 54.6 Å². The van der Waals surface area contributed by atoms with Crippen molar-refractivity contribution in [2.75, 3.05) is 13.2 Å². The average Bonchev–Trinajstić information content (AvgIpc) is 3.23. The van der Waals surface area contributed by atoms with Crippen LogP contribution >= 0.6 is 0 Å². The van der Waals surface area contributed by atoms with Crippen LogP contribution in [0, 0.1) is 17.7 Å². The molecule has 2 fully saturated rings. The molecular formula is C24H26FN2O4+. The normalized spacial score (nSPS) is 27.5. The van der Waals surface area contributed by atoms with E-state index in [1.165, 1.54) is 11.0 Å². The highest BCUT2D eigenvalue weighted by Crippen LogP contribution is 2.46. The van der Waals surface area contributed by atoms with Gasteiger partial charge in [-0.05, 0) is 25.5 Å². The van der Waals surface area contributed by atoms with Crippen LogP contribution in [0.25, 0.3) is 0 Å². The number of rotatable bonds is 6. The smallest absolute Gasteiger partial charge is 0.369 e. The highest BCUT2D eigenvalue weighted by molar-refractivity contribution is 6.08. The lowest BCUT2D eigenvalue weighted by Gasteiger charge is -2.29. The van der Waals surface area contributed by atoms with Crippen LogP contribution < -0.4 is 5.32 Å². The number of amides is 2. The molecular weight excluding hydrogens is 399 g/mol. The maximum absolute atomic E-state index is 14.8. The Balaban J connectivity index is 1.89. The van der Waals surface area contributed by atoms with E-state index in [9.17, 15) is 18.8 Å². The zero-order valence-electron chi connectivity index (χ0n) is 17.6. The molecule has 2 aliphatic heterocycles. The van der Waals surface area contributed by atoms with Gasteiger partial charge in [-0.15, -0.1) is 0 Å². The fraction of sp³-hybridized carbons (Fsp3) is 0.375. The third-order valence-corrected chi connectivity index (χ3v) is 6.44. The minimum Gasteiger partial charge on any atom is -0.461 e. The number of ether oxygens (including phenoxy) is 1. The Morgan fingerprint density at radius 1 is 1.06 bits per heavy atom. The number of quaternary nitrogens is 1. The molecule has 0 aromatic heterocycles. The summed E-state index contributed by atoms with van der Waals surface area (Å²) in [4.78, 5) is 41.2. The number of likely N-dealkylation sites (tertiary alicyclic amines) is 1. The Labute approximate surface area is 180 Å². The number of fused-ring (bicyclic) bond motifs is 1. The van der Waals surface area contributed by atoms with E-state index >= 15 is 0 Å². The molecule has 2 aromatic rings. The van der Waals surface area contributed by atoms with Gasteiger partial charge in [0.2, 0.25) is 17.4 Å². The molecule has 4 atom stereocenters. The molecule has 2 aliphatic rings. The standard InChI is InChI=1S/C24H25FN2O4/c1-3-27-21(28)18-19(22(27)29)24(23(30)31-4-2,14-15-10-6-5-7-11-15)26-20(18)16-12-8-9-13-17(16)25/h5-13,18-20,26H,3-4,14H2,1-2H3/p+1/t18-,19+,20-,24-/m1/s1. The number of hydrogen-bond donors (Lipinski definition) is 1. The molecule has 7 heteroatoms. The molecule has 2 saturated heterocycles. The fourth-order valence-corrected chi connectivity index (χ4v) is 5.16. The third kappa shape index (κ3) is 3.33. The van der Waals surface area contributed by atoms with Crippen molar-refractivity contribution in [3.8, 4) is 0 Å². The van der Waals surface area contributed by atoms with E-state index in [0.29, 0.717) is 5.56 Å². The highest BCUT2D eigenvalue weighted by atomic mass is 19.1. The number of imide groups is 1. The number of benzene rings is 2. The van der Waals surface area contributed by atoms with Gasteiger partial charge >= 0.3 is 5.97 Å². The maximum atomic E-state index is 14.8. The van der Waals surface area contributed by atoms with Crippen LogP contribution in [0.2, 0.25) is 0 Å². The summed E-state index contributed by atoms with van der Waals surface area (Å²) in [5, 5.41) is 1.70. The van der Waals surface area contributed by atoms with Crippen LogP contribution in [-0.2, 0) is 25.5 Å². The summed E-state index contributed by atoms with van der Waals surface area (Å²) >= 11 is 0. The van der Waals surface area contributed by atoms with Gasteiger partial charge in [0.15, 0.2) is 0 Å². The molecule has 0 spiro atoms. The van der Waals surface area contributed by atoms with Gasteiger partial charge in [0, 0.05) is 18.5 Å². The van der Waals surface area contributed by atoms with Crippen LogP contribution in [0.5, 0.6) is 0 Å². The zero-order valence-corrected chi connectivity index (χ0v) is 17.6. The van der Waals surface area contributed by atoms with E-state index in [0.717, 1.165) is 5.56 Å². The van der Waals surface area contributed by atoms with Crippen molar-refractivity contribution in [2.45, 2.75) is 31.8 Å². The zero-order chi connectivity index (χ0) is 22.2. The van der Waals surface area contributed by atoms with E-state index in [4.69, 9.17) is 4.74 Å². The summed E-state index contributed by atoms with van der Waals surface area (Å²) < 4.78 is 20.2. The van der Waals surface area contributed by atoms with Crippen LogP contribution in [0.3, 0.4) is 0 Å². The number of nitrogens with zero attached hydrogens (tertiary/aromatic N) is 1. The van der Waals surface area contributed by atoms with Crippen LogP contribution in [-0.4, -0.2) is 41.4 Å². The van der Waals surface area contributed by atoms with Crippen molar-refractivity contribution < 1.29 is 28.8 Å². The molecule has 0 bridgehead atoms. The summed E-state index contributed by atoms with van der Waals surface area (Å²) in [6.45, 7) is 3.78. The lowest BCUT2D eigenvalue weighted by molar-refractivity contribution is -0.734. The van der Waals surface area contributed by atoms with E-state index in [1.54, 1.807) is 37.4 Å². The summed E-state index contributed by atoms with van der Waals surface area (Å²) in [6, 6.07) is 14.8. The molecule has 0 aliphatic carbocycles. The minimum atomic E-state index is -1.36. The van der Waals surface area contributed by atoms with Gasteiger partial charge in [-0.2, -0.15) is 0 Å². The largest absolute Gasteiger partial charge is 0.461 e. The van der Waals surface area contributed by atoms with Crippen molar-refractivity contribution >= 4 is 17.8 Å². The van der Waals surface area contributed by atoms with E-state index < -0.39 is 41.1 Å². The predicted molar refractivity (Wildman–Crippen MR) is 110 cm³/mol. The second-order valence-corrected chi connectivity index (χ2v) is 8.06. The quantitative estimate of drug-likeness (QED) is 0.563. The number of halogens is 1. The van der Waals surface area contributed by atoms with E-state index in [-0.39, 0.29) is 25.5 Å². The average molecular weight is 425 g/mol. The Kier molecular flexibility index (Phi) is 5.62. The first-order valence-electron chi connectivity index (χ1n) is 10.6. The molecule has 2 amide bonds. The number of carbonyl (C=O) groups excluding carboxylic acids is 3. The number of nitrogens with two attached hydrogens (primary N) is 1. The van der Waals surface area contributed by atoms with Gasteiger partial charge in [-0.1, -0.05) is 48.5 Å². The summed E-state index contributed by atoms with van der Waals surface area (Å²) in [5.74, 6) is -3.53. The molecule has 0 radical (unpaired) electrons. The van der Waals surface area contributed by atoms with Crippen molar-refractivity contribution in [1.29, 1.82) is 0 Å². The number of carbonyl (C=O) groups is 3. The van der Waals surface area contributed by atoms with Gasteiger partial charge in [-0.25, -0.2) is 9.18 Å². The number of esters is 1. The Morgan fingerprint density at radius 2 is 1.74 bits per heavy atom. The van der Waals surface area contributed by atoms with Crippen molar-refractivity contribution in [3.05, 3.63) is 71.5 Å². The van der Waals surface area contributed by atoms with Gasteiger partial charge in [-0.3, -0.25) is 14.5 Å². The van der Waals surface area contributed by atoms with Gasteiger partial charge in [0.25, 0.3) is 0 Å². The predicted octanol–water partition coefficient (Wildman–Crippen LogP) is 1.61. The molecule has 2 aromatic carbocycles. The Morgan fingerprint density at radius 3 is 2.39 bits per heavy atom. The second-order valence-electron chi connectivity index (χ2n) is 8.06. The molecule has 2 N–H and O–H groups in total. The number of hydrogen-bond acceptors (Lipinski definition) is 4. The summed E-state index contributed by atoms with van der Waals surface area (Å²) in [6.07, 6.45) is 0.204. The van der Waals surface area contributed by atoms with Crippen LogP contribution in [0.1, 0.15) is 31.0 Å². The fourth-order valence-electron chi connectivity index (χ4n) is 5.16. The lowest BCUT2D eigenvalue weighted by Crippen LogP contribution is -2.98. The lowest BCUT2D eigenvalue weighted by atomic mass is 9.76. The summed E-state index contributed by atoms with van der Waals surface area (Å²) in [5.41, 5.74) is -0.197. The SMILES string of the molecule is CCOC(=O)[C@]1(Cc2ccccc2)[NH2+][C@H](c2ccccc2F)[C@@H]2C(=O)N(CC)C(=O)[C@H]21. The van der Waals surface area contributed by atoms with Crippen LogP contribution in [0.4, 0.5) is 4.39 Å². The Hall–Kier alpha value is -3.06. The first-order chi connectivity index (χ1) is 14.9. The molecule has 31 heavy (non-hydrogen) atoms. The van der Waals surface area contributed by atoms with E-state index in [2.05, 4.69) is 0 Å². The molecule has 0 saturated carbocycles. The molecule has 162 valence electrons. The van der Waals surface area contributed by atoms with Gasteiger partial charge in [0.05, 0.1) is 6.61 Å². The van der Waals surface area contributed by atoms with Gasteiger partial charge in [0.1, 0.15) is 23.7 Å². The second kappa shape index (κ2) is 8.23. The molecule has 2 heterocycles. The van der Waals surface area contributed by atoms with E-state index in [1.807, 2.05) is 30.3 Å². The summed E-state index contributed by atoms with van der Waals surface area (Å²) in [7, 11) is 0. The third-order valence-electron chi connectivity index (χ3n) is 6.44. The molecule has 0 unspecified atom stereocenters. The van der Waals surface area contributed by atoms with Crippen molar-refractivity contribution in [3.63, 3.8) is 0 Å². The molecule has 4 rings (SSSR count). The first kappa shape index (κ1) is 21.2. The molecule has 6 nitrogen and oxygen atoms in total. The van der Waals surface area contributed by atoms with Crippen molar-refractivity contribution in [1.82, 2.24) is 4.90 Å². The highest BCUT2D eigenvalue weighted by Gasteiger charge is 2.72. The minimum absolute atomic E-state index is 0.143. The monoisotopic (exact) mass is 425 g/mol. The topological polar surface area (TPSA) is 80.3 Å². The van der Waals surface area contributed by atoms with Crippen molar-refractivity contribution in [2.24, 2.45) is 11.8 Å². The maximum Gasteiger partial charge on any atom is 0.369 e. The van der Waals surface area contributed by atoms with Gasteiger partial charge < -0.3 is 10.1 Å².